The lowest BCUT2D eigenvalue weighted by Gasteiger charge is -2.05. The van der Waals surface area contributed by atoms with Gasteiger partial charge in [-0.1, -0.05) is 0 Å². The van der Waals surface area contributed by atoms with Crippen molar-refractivity contribution in [2.75, 3.05) is 12.4 Å². The molecule has 1 aliphatic rings. The van der Waals surface area contributed by atoms with E-state index in [0.29, 0.717) is 11.9 Å². The molecule has 3 aromatic rings. The average molecular weight is 326 g/mol. The second-order valence-corrected chi connectivity index (χ2v) is 6.45. The van der Waals surface area contributed by atoms with Crippen molar-refractivity contribution >= 4 is 39.2 Å². The summed E-state index contributed by atoms with van der Waals surface area (Å²) >= 11 is 1.74. The van der Waals surface area contributed by atoms with Crippen molar-refractivity contribution < 1.29 is 9.53 Å². The minimum absolute atomic E-state index is 0.222. The molecule has 6 nitrogen and oxygen atoms in total. The van der Waals surface area contributed by atoms with Crippen molar-refractivity contribution in [3.05, 3.63) is 41.2 Å². The average Bonchev–Trinajstić information content (AvgIpc) is 3.34. The Bertz CT molecular complexity index is 889. The van der Waals surface area contributed by atoms with E-state index in [2.05, 4.69) is 25.0 Å². The predicted octanol–water partition coefficient (Wildman–Crippen LogP) is 3.49. The number of aromatic nitrogens is 3. The summed E-state index contributed by atoms with van der Waals surface area (Å²) in [6.07, 6.45) is 4.02. The Balaban J connectivity index is 1.60. The van der Waals surface area contributed by atoms with Crippen molar-refractivity contribution in [1.29, 1.82) is 0 Å². The fourth-order valence-corrected chi connectivity index (χ4v) is 3.47. The van der Waals surface area contributed by atoms with Crippen LogP contribution in [0.25, 0.3) is 10.2 Å². The molecule has 0 atom stereocenters. The molecule has 7 heteroatoms. The number of nitrogens with one attached hydrogen (secondary N) is 1. The zero-order chi connectivity index (χ0) is 15.8. The number of ether oxygens (including phenoxy) is 1. The highest BCUT2D eigenvalue weighted by Gasteiger charge is 2.26. The van der Waals surface area contributed by atoms with Gasteiger partial charge in [-0.25, -0.2) is 19.7 Å². The first-order valence-corrected chi connectivity index (χ1v) is 8.13. The quantitative estimate of drug-likeness (QED) is 0.740. The molecular formula is C16H14N4O2S. The summed E-state index contributed by atoms with van der Waals surface area (Å²) in [6.45, 7) is 0. The molecule has 1 aromatic carbocycles. The van der Waals surface area contributed by atoms with Crippen LogP contribution >= 0.6 is 11.3 Å². The minimum Gasteiger partial charge on any atom is -0.464 e. The van der Waals surface area contributed by atoms with Gasteiger partial charge in [-0.05, 0) is 37.1 Å². The van der Waals surface area contributed by atoms with Crippen molar-refractivity contribution in [3.8, 4) is 0 Å². The smallest absolute Gasteiger partial charge is 0.356 e. The monoisotopic (exact) mass is 326 g/mol. The van der Waals surface area contributed by atoms with E-state index in [4.69, 9.17) is 0 Å². The van der Waals surface area contributed by atoms with Crippen LogP contribution in [0, 0.1) is 0 Å². The lowest BCUT2D eigenvalue weighted by molar-refractivity contribution is 0.0594. The van der Waals surface area contributed by atoms with E-state index in [-0.39, 0.29) is 5.69 Å². The first-order valence-electron chi connectivity index (χ1n) is 7.32. The van der Waals surface area contributed by atoms with Crippen LogP contribution in [0.3, 0.4) is 0 Å². The fraction of sp³-hybridized carbons (Fsp3) is 0.250. The van der Waals surface area contributed by atoms with Crippen molar-refractivity contribution in [1.82, 2.24) is 15.0 Å². The van der Waals surface area contributed by atoms with Crippen molar-refractivity contribution in [2.24, 2.45) is 0 Å². The van der Waals surface area contributed by atoms with Gasteiger partial charge in [-0.2, -0.15) is 0 Å². The number of hydrogen-bond donors (Lipinski definition) is 1. The highest BCUT2D eigenvalue weighted by Crippen LogP contribution is 2.43. The van der Waals surface area contributed by atoms with E-state index in [1.807, 2.05) is 18.2 Å². The van der Waals surface area contributed by atoms with Gasteiger partial charge in [0.1, 0.15) is 0 Å². The highest BCUT2D eigenvalue weighted by molar-refractivity contribution is 7.18. The molecule has 1 fully saturated rings. The fourth-order valence-electron chi connectivity index (χ4n) is 2.29. The number of benzene rings is 1. The lowest BCUT2D eigenvalue weighted by atomic mass is 10.3. The third-order valence-corrected chi connectivity index (χ3v) is 4.82. The SMILES string of the molecule is COC(=O)c1ccnc(Nc2ccc3nc(C4CC4)sc3c2)n1. The van der Waals surface area contributed by atoms with E-state index in [1.165, 1.54) is 37.2 Å². The Morgan fingerprint density at radius 2 is 2.17 bits per heavy atom. The molecule has 0 bridgehead atoms. The van der Waals surface area contributed by atoms with Gasteiger partial charge in [0.15, 0.2) is 5.69 Å². The zero-order valence-electron chi connectivity index (χ0n) is 12.4. The molecule has 4 rings (SSSR count). The van der Waals surface area contributed by atoms with E-state index in [9.17, 15) is 4.79 Å². The number of methoxy groups -OCH3 is 1. The van der Waals surface area contributed by atoms with Crippen LogP contribution in [-0.2, 0) is 4.74 Å². The van der Waals surface area contributed by atoms with Crippen LogP contribution in [0.1, 0.15) is 34.3 Å². The number of rotatable bonds is 4. The third-order valence-electron chi connectivity index (χ3n) is 3.64. The van der Waals surface area contributed by atoms with E-state index in [1.54, 1.807) is 11.3 Å². The molecule has 0 spiro atoms. The molecule has 2 aromatic heterocycles. The number of anilines is 2. The molecule has 2 heterocycles. The molecule has 0 amide bonds. The molecule has 0 radical (unpaired) electrons. The van der Waals surface area contributed by atoms with Crippen LogP contribution in [0.5, 0.6) is 0 Å². The number of fused-ring (bicyclic) bond motifs is 1. The largest absolute Gasteiger partial charge is 0.464 e. The van der Waals surface area contributed by atoms with Gasteiger partial charge >= 0.3 is 5.97 Å². The Kier molecular flexibility index (Phi) is 3.42. The summed E-state index contributed by atoms with van der Waals surface area (Å²) in [5.41, 5.74) is 2.11. The van der Waals surface area contributed by atoms with Gasteiger partial charge in [0.05, 0.1) is 22.3 Å². The van der Waals surface area contributed by atoms with Crippen LogP contribution < -0.4 is 5.32 Å². The van der Waals surface area contributed by atoms with E-state index >= 15 is 0 Å². The molecule has 0 saturated heterocycles. The second-order valence-electron chi connectivity index (χ2n) is 5.39. The Morgan fingerprint density at radius 1 is 1.30 bits per heavy atom. The molecule has 1 N–H and O–H groups in total. The molecule has 1 aliphatic carbocycles. The summed E-state index contributed by atoms with van der Waals surface area (Å²) in [4.78, 5) is 24.5. The summed E-state index contributed by atoms with van der Waals surface area (Å²) in [5, 5.41) is 4.34. The standard InChI is InChI=1S/C16H14N4O2S/c1-22-15(21)12-6-7-17-16(20-12)18-10-4-5-11-13(8-10)23-14(19-11)9-2-3-9/h4-9H,2-3H2,1H3,(H,17,18,20). The number of hydrogen-bond acceptors (Lipinski definition) is 7. The highest BCUT2D eigenvalue weighted by atomic mass is 32.1. The maximum atomic E-state index is 11.5. The molecule has 0 unspecified atom stereocenters. The van der Waals surface area contributed by atoms with Gasteiger partial charge in [0, 0.05) is 17.8 Å². The minimum atomic E-state index is -0.484. The summed E-state index contributed by atoms with van der Waals surface area (Å²) in [5.74, 6) is 0.533. The van der Waals surface area contributed by atoms with Crippen LogP contribution in [0.4, 0.5) is 11.6 Å². The molecule has 116 valence electrons. The maximum Gasteiger partial charge on any atom is 0.356 e. The molecule has 1 saturated carbocycles. The van der Waals surface area contributed by atoms with Gasteiger partial charge in [0.2, 0.25) is 5.95 Å². The molecule has 23 heavy (non-hydrogen) atoms. The van der Waals surface area contributed by atoms with E-state index in [0.717, 1.165) is 15.9 Å². The topological polar surface area (TPSA) is 77.0 Å². The summed E-state index contributed by atoms with van der Waals surface area (Å²) in [7, 11) is 1.33. The number of carbonyl (C=O) groups excluding carboxylic acids is 1. The van der Waals surface area contributed by atoms with Crippen molar-refractivity contribution in [2.45, 2.75) is 18.8 Å². The van der Waals surface area contributed by atoms with Crippen LogP contribution in [0.15, 0.2) is 30.5 Å². The van der Waals surface area contributed by atoms with Crippen LogP contribution in [-0.4, -0.2) is 28.0 Å². The number of nitrogens with zero attached hydrogens (tertiary/aromatic N) is 3. The molecular weight excluding hydrogens is 312 g/mol. The predicted molar refractivity (Wildman–Crippen MR) is 88.2 cm³/mol. The number of esters is 1. The van der Waals surface area contributed by atoms with Crippen molar-refractivity contribution in [3.63, 3.8) is 0 Å². The van der Waals surface area contributed by atoms with Gasteiger partial charge in [-0.3, -0.25) is 0 Å². The maximum absolute atomic E-state index is 11.5. The Hall–Kier alpha value is -2.54. The van der Waals surface area contributed by atoms with E-state index < -0.39 is 5.97 Å². The Morgan fingerprint density at radius 3 is 2.96 bits per heavy atom. The summed E-state index contributed by atoms with van der Waals surface area (Å²) < 4.78 is 5.81. The zero-order valence-corrected chi connectivity index (χ0v) is 13.3. The first kappa shape index (κ1) is 14.1. The Labute approximate surface area is 136 Å². The molecule has 0 aliphatic heterocycles. The van der Waals surface area contributed by atoms with Gasteiger partial charge in [-0.15, -0.1) is 11.3 Å². The number of thiazole rings is 1. The van der Waals surface area contributed by atoms with Gasteiger partial charge in [0.25, 0.3) is 0 Å². The van der Waals surface area contributed by atoms with Gasteiger partial charge < -0.3 is 10.1 Å². The third kappa shape index (κ3) is 2.87. The lowest BCUT2D eigenvalue weighted by Crippen LogP contribution is -2.07. The van der Waals surface area contributed by atoms with Crippen LogP contribution in [0.2, 0.25) is 0 Å². The normalized spacial score (nSPS) is 14.0. The second kappa shape index (κ2) is 5.58. The first-order chi connectivity index (χ1) is 11.2. The summed E-state index contributed by atoms with van der Waals surface area (Å²) in [6, 6.07) is 7.48. The number of carbonyl (C=O) groups is 1.